The van der Waals surface area contributed by atoms with Gasteiger partial charge in [-0.1, -0.05) is 32.6 Å². The summed E-state index contributed by atoms with van der Waals surface area (Å²) in [7, 11) is 0. The average molecular weight is 300 g/mol. The van der Waals surface area contributed by atoms with Crippen LogP contribution in [0.2, 0.25) is 0 Å². The lowest BCUT2D eigenvalue weighted by Gasteiger charge is -2.44. The van der Waals surface area contributed by atoms with E-state index in [4.69, 9.17) is 5.11 Å². The maximum atomic E-state index is 11.9. The summed E-state index contributed by atoms with van der Waals surface area (Å²) in [6.07, 6.45) is 3.57. The Labute approximate surface area is 124 Å². The van der Waals surface area contributed by atoms with Gasteiger partial charge in [0.2, 0.25) is 0 Å². The van der Waals surface area contributed by atoms with Crippen molar-refractivity contribution < 1.29 is 29.7 Å². The first-order valence-electron chi connectivity index (χ1n) is 7.54. The molecule has 3 N–H and O–H groups in total. The Kier molecular flexibility index (Phi) is 6.18. The quantitative estimate of drug-likeness (QED) is 0.635. The average Bonchev–Trinajstić information content (AvgIpc) is 2.42. The number of carbonyl (C=O) groups is 3. The molecule has 3 unspecified atom stereocenters. The molecule has 0 aromatic heterocycles. The molecule has 120 valence electrons. The van der Waals surface area contributed by atoms with Gasteiger partial charge in [0.1, 0.15) is 0 Å². The lowest BCUT2D eigenvalue weighted by atomic mass is 9.57. The van der Waals surface area contributed by atoms with Crippen LogP contribution in [0.25, 0.3) is 0 Å². The van der Waals surface area contributed by atoms with Crippen molar-refractivity contribution in [1.82, 2.24) is 0 Å². The Balaban J connectivity index is 3.20. The van der Waals surface area contributed by atoms with Gasteiger partial charge in [0.15, 0.2) is 0 Å². The van der Waals surface area contributed by atoms with Crippen LogP contribution in [0.1, 0.15) is 58.3 Å². The van der Waals surface area contributed by atoms with Crippen LogP contribution in [0, 0.1) is 17.3 Å². The second-order valence-corrected chi connectivity index (χ2v) is 5.92. The Morgan fingerprint density at radius 2 is 1.86 bits per heavy atom. The lowest BCUT2D eigenvalue weighted by molar-refractivity contribution is -0.173. The largest absolute Gasteiger partial charge is 0.481 e. The number of rotatable bonds is 8. The Morgan fingerprint density at radius 3 is 2.33 bits per heavy atom. The van der Waals surface area contributed by atoms with Gasteiger partial charge in [0, 0.05) is 6.42 Å². The molecule has 1 aliphatic carbocycles. The number of hydrogen-bond donors (Lipinski definition) is 3. The van der Waals surface area contributed by atoms with Crippen molar-refractivity contribution in [3.8, 4) is 0 Å². The molecular formula is C15H24O6. The highest BCUT2D eigenvalue weighted by Crippen LogP contribution is 2.50. The van der Waals surface area contributed by atoms with Crippen LogP contribution in [0.3, 0.4) is 0 Å². The molecule has 3 atom stereocenters. The predicted molar refractivity (Wildman–Crippen MR) is 74.9 cm³/mol. The maximum Gasteiger partial charge on any atom is 0.310 e. The summed E-state index contributed by atoms with van der Waals surface area (Å²) in [5.74, 6) is -4.97. The topological polar surface area (TPSA) is 112 Å². The van der Waals surface area contributed by atoms with Gasteiger partial charge in [0.05, 0.1) is 11.3 Å². The third-order valence-corrected chi connectivity index (χ3v) is 4.71. The standard InChI is InChI=1S/C15H24O6/c1-2-3-6-10(9-12(16)17)15(14(20)21)8-5-4-7-11(15)13(18)19/h10-11H,2-9H2,1H3,(H,16,17)(H,18,19)(H,20,21). The van der Waals surface area contributed by atoms with Crippen molar-refractivity contribution in [2.24, 2.45) is 17.3 Å². The molecule has 0 heterocycles. The molecule has 1 saturated carbocycles. The Bertz CT molecular complexity index is 405. The molecule has 0 spiro atoms. The highest BCUT2D eigenvalue weighted by atomic mass is 16.4. The zero-order valence-corrected chi connectivity index (χ0v) is 12.4. The van der Waals surface area contributed by atoms with Crippen LogP contribution in [0.4, 0.5) is 0 Å². The molecule has 0 radical (unpaired) electrons. The van der Waals surface area contributed by atoms with Crippen LogP contribution in [-0.4, -0.2) is 33.2 Å². The van der Waals surface area contributed by atoms with Gasteiger partial charge in [-0.05, 0) is 25.2 Å². The summed E-state index contributed by atoms with van der Waals surface area (Å²) in [6.45, 7) is 1.95. The van der Waals surface area contributed by atoms with E-state index < -0.39 is 35.2 Å². The number of aliphatic carboxylic acids is 3. The second-order valence-electron chi connectivity index (χ2n) is 5.92. The monoisotopic (exact) mass is 300 g/mol. The van der Waals surface area contributed by atoms with Crippen LogP contribution in [0.15, 0.2) is 0 Å². The highest BCUT2D eigenvalue weighted by molar-refractivity contribution is 5.84. The fraction of sp³-hybridized carbons (Fsp3) is 0.800. The number of hydrogen-bond acceptors (Lipinski definition) is 3. The number of unbranched alkanes of at least 4 members (excludes halogenated alkanes) is 1. The summed E-state index contributed by atoms with van der Waals surface area (Å²) in [4.78, 5) is 34.6. The molecule has 1 aliphatic rings. The van der Waals surface area contributed by atoms with Crippen molar-refractivity contribution in [2.45, 2.75) is 58.3 Å². The Morgan fingerprint density at radius 1 is 1.19 bits per heavy atom. The molecule has 0 amide bonds. The first-order valence-corrected chi connectivity index (χ1v) is 7.54. The lowest BCUT2D eigenvalue weighted by Crippen LogP contribution is -2.50. The summed E-state index contributed by atoms with van der Waals surface area (Å²) in [5, 5.41) is 28.2. The van der Waals surface area contributed by atoms with E-state index in [-0.39, 0.29) is 12.8 Å². The molecule has 1 rings (SSSR count). The molecule has 6 nitrogen and oxygen atoms in total. The van der Waals surface area contributed by atoms with E-state index in [9.17, 15) is 24.6 Å². The molecular weight excluding hydrogens is 276 g/mol. The van der Waals surface area contributed by atoms with E-state index in [1.54, 1.807) is 0 Å². The molecule has 0 aliphatic heterocycles. The normalized spacial score (nSPS) is 27.0. The molecule has 21 heavy (non-hydrogen) atoms. The Hall–Kier alpha value is -1.59. The van der Waals surface area contributed by atoms with E-state index >= 15 is 0 Å². The third-order valence-electron chi connectivity index (χ3n) is 4.71. The summed E-state index contributed by atoms with van der Waals surface area (Å²) < 4.78 is 0. The zero-order chi connectivity index (χ0) is 16.0. The van der Waals surface area contributed by atoms with Crippen molar-refractivity contribution >= 4 is 17.9 Å². The maximum absolute atomic E-state index is 11.9. The van der Waals surface area contributed by atoms with Crippen LogP contribution < -0.4 is 0 Å². The summed E-state index contributed by atoms with van der Waals surface area (Å²) in [6, 6.07) is 0. The van der Waals surface area contributed by atoms with Gasteiger partial charge in [-0.3, -0.25) is 14.4 Å². The molecule has 6 heteroatoms. The fourth-order valence-corrected chi connectivity index (χ4v) is 3.66. The van der Waals surface area contributed by atoms with Crippen LogP contribution in [-0.2, 0) is 14.4 Å². The minimum absolute atomic E-state index is 0.251. The third kappa shape index (κ3) is 3.74. The SMILES string of the molecule is CCCCC(CC(=O)O)C1(C(=O)O)CCCCC1C(=O)O. The summed E-state index contributed by atoms with van der Waals surface area (Å²) in [5.41, 5.74) is -1.45. The van der Waals surface area contributed by atoms with E-state index in [1.165, 1.54) is 0 Å². The molecule has 0 saturated heterocycles. The van der Waals surface area contributed by atoms with Crippen molar-refractivity contribution in [3.63, 3.8) is 0 Å². The van der Waals surface area contributed by atoms with Crippen molar-refractivity contribution in [2.75, 3.05) is 0 Å². The zero-order valence-electron chi connectivity index (χ0n) is 12.4. The summed E-state index contributed by atoms with van der Waals surface area (Å²) >= 11 is 0. The molecule has 0 aromatic rings. The van der Waals surface area contributed by atoms with Gasteiger partial charge in [-0.25, -0.2) is 0 Å². The van der Waals surface area contributed by atoms with Gasteiger partial charge >= 0.3 is 17.9 Å². The first-order chi connectivity index (χ1) is 9.86. The molecule has 0 aromatic carbocycles. The first kappa shape index (κ1) is 17.5. The second kappa shape index (κ2) is 7.43. The van der Waals surface area contributed by atoms with E-state index in [2.05, 4.69) is 0 Å². The van der Waals surface area contributed by atoms with Crippen LogP contribution >= 0.6 is 0 Å². The predicted octanol–water partition coefficient (Wildman–Crippen LogP) is 2.61. The molecule has 0 bridgehead atoms. The number of carboxylic acid groups (broad SMARTS) is 3. The number of carboxylic acids is 3. The van der Waals surface area contributed by atoms with Gasteiger partial charge in [-0.2, -0.15) is 0 Å². The minimum atomic E-state index is -1.45. The van der Waals surface area contributed by atoms with Gasteiger partial charge in [0.25, 0.3) is 0 Å². The van der Waals surface area contributed by atoms with Crippen molar-refractivity contribution in [1.29, 1.82) is 0 Å². The van der Waals surface area contributed by atoms with Crippen LogP contribution in [0.5, 0.6) is 0 Å². The van der Waals surface area contributed by atoms with Crippen molar-refractivity contribution in [3.05, 3.63) is 0 Å². The van der Waals surface area contributed by atoms with E-state index in [1.807, 2.05) is 6.92 Å². The minimum Gasteiger partial charge on any atom is -0.481 e. The van der Waals surface area contributed by atoms with E-state index in [0.717, 1.165) is 6.42 Å². The van der Waals surface area contributed by atoms with E-state index in [0.29, 0.717) is 32.1 Å². The van der Waals surface area contributed by atoms with Gasteiger partial charge < -0.3 is 15.3 Å². The smallest absolute Gasteiger partial charge is 0.310 e. The molecule has 1 fully saturated rings. The van der Waals surface area contributed by atoms with Gasteiger partial charge in [-0.15, -0.1) is 0 Å². The fourth-order valence-electron chi connectivity index (χ4n) is 3.66. The highest BCUT2D eigenvalue weighted by Gasteiger charge is 2.55.